The fourth-order valence-corrected chi connectivity index (χ4v) is 3.57. The van der Waals surface area contributed by atoms with Crippen molar-refractivity contribution in [2.45, 2.75) is 44.6 Å². The van der Waals surface area contributed by atoms with Crippen LogP contribution in [0.25, 0.3) is 0 Å². The van der Waals surface area contributed by atoms with Gasteiger partial charge < -0.3 is 10.5 Å². The van der Waals surface area contributed by atoms with Crippen molar-refractivity contribution in [2.75, 3.05) is 26.7 Å². The lowest BCUT2D eigenvalue weighted by molar-refractivity contribution is -0.145. The van der Waals surface area contributed by atoms with Gasteiger partial charge in [0.05, 0.1) is 13.0 Å². The smallest absolute Gasteiger partial charge is 0.310 e. The molecule has 1 saturated carbocycles. The predicted octanol–water partition coefficient (Wildman–Crippen LogP) is 1.39. The zero-order valence-corrected chi connectivity index (χ0v) is 11.4. The fourth-order valence-electron chi connectivity index (χ4n) is 3.57. The molecule has 0 aromatic rings. The van der Waals surface area contributed by atoms with E-state index in [4.69, 9.17) is 10.5 Å². The number of carbonyl (C=O) groups excluding carboxylic acids is 1. The van der Waals surface area contributed by atoms with Crippen LogP contribution in [-0.4, -0.2) is 43.7 Å². The molecule has 2 rings (SSSR count). The minimum Gasteiger partial charge on any atom is -0.469 e. The lowest BCUT2D eigenvalue weighted by atomic mass is 9.93. The maximum atomic E-state index is 11.6. The van der Waals surface area contributed by atoms with Gasteiger partial charge in [-0.25, -0.2) is 0 Å². The number of hydrogen-bond acceptors (Lipinski definition) is 4. The highest BCUT2D eigenvalue weighted by atomic mass is 16.5. The zero-order chi connectivity index (χ0) is 13.0. The fraction of sp³-hybridized carbons (Fsp3) is 0.929. The molecule has 3 unspecified atom stereocenters. The summed E-state index contributed by atoms with van der Waals surface area (Å²) in [6, 6.07) is 0.590. The zero-order valence-electron chi connectivity index (χ0n) is 11.4. The Labute approximate surface area is 110 Å². The summed E-state index contributed by atoms with van der Waals surface area (Å²) in [7, 11) is 1.49. The van der Waals surface area contributed by atoms with Crippen molar-refractivity contribution < 1.29 is 9.53 Å². The Morgan fingerprint density at radius 3 is 2.78 bits per heavy atom. The van der Waals surface area contributed by atoms with E-state index in [0.717, 1.165) is 26.1 Å². The van der Waals surface area contributed by atoms with E-state index in [0.29, 0.717) is 12.0 Å². The molecule has 104 valence electrons. The molecule has 0 amide bonds. The quantitative estimate of drug-likeness (QED) is 0.611. The van der Waals surface area contributed by atoms with E-state index in [1.165, 1.54) is 39.2 Å². The number of nitrogens with two attached hydrogens (primary N) is 1. The largest absolute Gasteiger partial charge is 0.469 e. The number of esters is 1. The van der Waals surface area contributed by atoms with Crippen LogP contribution < -0.4 is 5.73 Å². The molecule has 0 bridgehead atoms. The second-order valence-electron chi connectivity index (χ2n) is 5.70. The van der Waals surface area contributed by atoms with E-state index in [1.807, 2.05) is 0 Å². The van der Waals surface area contributed by atoms with Gasteiger partial charge in [0, 0.05) is 12.6 Å². The molecule has 2 fully saturated rings. The first kappa shape index (κ1) is 13.8. The lowest BCUT2D eigenvalue weighted by Crippen LogP contribution is -2.42. The summed E-state index contributed by atoms with van der Waals surface area (Å²) in [5, 5.41) is 0. The van der Waals surface area contributed by atoms with E-state index in [1.54, 1.807) is 0 Å². The Balaban J connectivity index is 1.95. The molecule has 0 spiro atoms. The normalized spacial score (nSPS) is 34.2. The Morgan fingerprint density at radius 1 is 1.28 bits per heavy atom. The maximum Gasteiger partial charge on any atom is 0.310 e. The molecular formula is C14H26N2O2. The van der Waals surface area contributed by atoms with Gasteiger partial charge in [-0.2, -0.15) is 0 Å². The molecule has 1 saturated heterocycles. The summed E-state index contributed by atoms with van der Waals surface area (Å²) in [5.74, 6) is 0.649. The maximum absolute atomic E-state index is 11.6. The summed E-state index contributed by atoms with van der Waals surface area (Å²) < 4.78 is 4.86. The monoisotopic (exact) mass is 254 g/mol. The lowest BCUT2D eigenvalue weighted by Gasteiger charge is -2.32. The number of ether oxygens (including phenoxy) is 1. The van der Waals surface area contributed by atoms with Crippen molar-refractivity contribution in [3.8, 4) is 0 Å². The minimum atomic E-state index is -0.0459. The van der Waals surface area contributed by atoms with E-state index in [2.05, 4.69) is 4.90 Å². The van der Waals surface area contributed by atoms with Crippen LogP contribution in [0.2, 0.25) is 0 Å². The number of carbonyl (C=O) groups is 1. The highest BCUT2D eigenvalue weighted by Gasteiger charge is 2.35. The third-order valence-corrected chi connectivity index (χ3v) is 4.64. The van der Waals surface area contributed by atoms with Crippen LogP contribution in [0, 0.1) is 11.8 Å². The molecule has 2 aliphatic rings. The third kappa shape index (κ3) is 3.04. The van der Waals surface area contributed by atoms with Gasteiger partial charge in [0.15, 0.2) is 0 Å². The molecular weight excluding hydrogens is 228 g/mol. The minimum absolute atomic E-state index is 0.0459. The van der Waals surface area contributed by atoms with Gasteiger partial charge in [0.25, 0.3) is 0 Å². The number of hydrogen-bond donors (Lipinski definition) is 1. The topological polar surface area (TPSA) is 55.6 Å². The molecule has 2 N–H and O–H groups in total. The summed E-state index contributed by atoms with van der Waals surface area (Å²) in [6.45, 7) is 2.68. The first-order valence-electron chi connectivity index (χ1n) is 7.28. The summed E-state index contributed by atoms with van der Waals surface area (Å²) >= 11 is 0. The van der Waals surface area contributed by atoms with Crippen molar-refractivity contribution in [1.29, 1.82) is 0 Å². The molecule has 4 heteroatoms. The van der Waals surface area contributed by atoms with Crippen LogP contribution in [0.4, 0.5) is 0 Å². The van der Waals surface area contributed by atoms with Crippen LogP contribution >= 0.6 is 0 Å². The summed E-state index contributed by atoms with van der Waals surface area (Å²) in [5.41, 5.74) is 5.93. The summed E-state index contributed by atoms with van der Waals surface area (Å²) in [6.07, 6.45) is 7.39. The van der Waals surface area contributed by atoms with Crippen LogP contribution in [0.5, 0.6) is 0 Å². The molecule has 0 radical (unpaired) electrons. The van der Waals surface area contributed by atoms with Crippen molar-refractivity contribution >= 4 is 5.97 Å². The van der Waals surface area contributed by atoms with Gasteiger partial charge >= 0.3 is 5.97 Å². The van der Waals surface area contributed by atoms with E-state index in [9.17, 15) is 4.79 Å². The molecule has 1 heterocycles. The first-order valence-corrected chi connectivity index (χ1v) is 7.28. The molecule has 3 atom stereocenters. The molecule has 1 aliphatic heterocycles. The number of rotatable bonds is 3. The van der Waals surface area contributed by atoms with Crippen LogP contribution in [0.3, 0.4) is 0 Å². The standard InChI is InChI=1S/C14H26N2O2/c1-18-14(17)12-7-8-16(10-12)13-6-4-2-3-5-11(13)9-15/h11-13H,2-10,15H2,1H3. The predicted molar refractivity (Wildman–Crippen MR) is 71.1 cm³/mol. The van der Waals surface area contributed by atoms with Gasteiger partial charge in [-0.15, -0.1) is 0 Å². The molecule has 4 nitrogen and oxygen atoms in total. The van der Waals surface area contributed by atoms with Gasteiger partial charge in [-0.1, -0.05) is 19.3 Å². The van der Waals surface area contributed by atoms with Crippen LogP contribution in [-0.2, 0) is 9.53 Å². The van der Waals surface area contributed by atoms with Gasteiger partial charge in [-0.05, 0) is 38.3 Å². The third-order valence-electron chi connectivity index (χ3n) is 4.64. The number of nitrogens with zero attached hydrogens (tertiary/aromatic N) is 1. The van der Waals surface area contributed by atoms with Gasteiger partial charge in [0.1, 0.15) is 0 Å². The Kier molecular flexibility index (Phi) is 5.01. The molecule has 0 aromatic heterocycles. The number of likely N-dealkylation sites (tertiary alicyclic amines) is 1. The van der Waals surface area contributed by atoms with Crippen LogP contribution in [0.15, 0.2) is 0 Å². The average Bonchev–Trinajstić information content (AvgIpc) is 2.76. The molecule has 0 aromatic carbocycles. The second-order valence-corrected chi connectivity index (χ2v) is 5.70. The molecule has 18 heavy (non-hydrogen) atoms. The second kappa shape index (κ2) is 6.53. The van der Waals surface area contributed by atoms with Crippen LogP contribution in [0.1, 0.15) is 38.5 Å². The Hall–Kier alpha value is -0.610. The Bertz CT molecular complexity index is 283. The number of methoxy groups -OCH3 is 1. The first-order chi connectivity index (χ1) is 8.76. The molecule has 1 aliphatic carbocycles. The van der Waals surface area contributed by atoms with E-state index >= 15 is 0 Å². The Morgan fingerprint density at radius 2 is 2.06 bits per heavy atom. The van der Waals surface area contributed by atoms with Gasteiger partial charge in [-0.3, -0.25) is 9.69 Å². The highest BCUT2D eigenvalue weighted by molar-refractivity contribution is 5.72. The van der Waals surface area contributed by atoms with E-state index < -0.39 is 0 Å². The van der Waals surface area contributed by atoms with Crippen molar-refractivity contribution in [2.24, 2.45) is 17.6 Å². The SMILES string of the molecule is COC(=O)C1CCN(C2CCCCCC2CN)C1. The van der Waals surface area contributed by atoms with E-state index in [-0.39, 0.29) is 11.9 Å². The highest BCUT2D eigenvalue weighted by Crippen LogP contribution is 2.30. The summed E-state index contributed by atoms with van der Waals surface area (Å²) in [4.78, 5) is 14.1. The average molecular weight is 254 g/mol. The van der Waals surface area contributed by atoms with Crippen molar-refractivity contribution in [3.05, 3.63) is 0 Å². The van der Waals surface area contributed by atoms with Crippen molar-refractivity contribution in [3.63, 3.8) is 0 Å². The van der Waals surface area contributed by atoms with Crippen molar-refractivity contribution in [1.82, 2.24) is 4.90 Å². The van der Waals surface area contributed by atoms with Gasteiger partial charge in [0.2, 0.25) is 0 Å².